The van der Waals surface area contributed by atoms with Gasteiger partial charge >= 0.3 is 0 Å². The standard InChI is InChI=1S/C24H31ClN2O2S/c1-4-5-13-26-24(29)19(3)27(15-21-11-6-7-12-22(21)25)23(28)17-30-16-20-10-8-9-18(2)14-20/h6-12,14,19H,4-5,13,15-17H2,1-3H3,(H,26,29). The minimum Gasteiger partial charge on any atom is -0.354 e. The van der Waals surface area contributed by atoms with E-state index in [-0.39, 0.29) is 11.8 Å². The minimum atomic E-state index is -0.565. The summed E-state index contributed by atoms with van der Waals surface area (Å²) in [5, 5.41) is 3.53. The van der Waals surface area contributed by atoms with E-state index in [0.717, 1.165) is 24.2 Å². The summed E-state index contributed by atoms with van der Waals surface area (Å²) in [6.45, 7) is 6.85. The van der Waals surface area contributed by atoms with Gasteiger partial charge in [-0.05, 0) is 37.5 Å². The first-order chi connectivity index (χ1) is 14.4. The number of hydrogen-bond acceptors (Lipinski definition) is 3. The summed E-state index contributed by atoms with van der Waals surface area (Å²) in [5.41, 5.74) is 3.23. The predicted octanol–water partition coefficient (Wildman–Crippen LogP) is 5.22. The zero-order valence-electron chi connectivity index (χ0n) is 18.0. The number of hydrogen-bond donors (Lipinski definition) is 1. The topological polar surface area (TPSA) is 49.4 Å². The van der Waals surface area contributed by atoms with Crippen LogP contribution >= 0.6 is 23.4 Å². The summed E-state index contributed by atoms with van der Waals surface area (Å²) in [6.07, 6.45) is 1.93. The lowest BCUT2D eigenvalue weighted by Crippen LogP contribution is -2.48. The molecule has 0 saturated carbocycles. The highest BCUT2D eigenvalue weighted by Crippen LogP contribution is 2.20. The molecule has 0 aliphatic rings. The third-order valence-electron chi connectivity index (χ3n) is 4.87. The van der Waals surface area contributed by atoms with E-state index < -0.39 is 6.04 Å². The van der Waals surface area contributed by atoms with Gasteiger partial charge in [-0.15, -0.1) is 11.8 Å². The molecular formula is C24H31ClN2O2S. The Balaban J connectivity index is 2.05. The van der Waals surface area contributed by atoms with Crippen LogP contribution < -0.4 is 5.32 Å². The largest absolute Gasteiger partial charge is 0.354 e. The Morgan fingerprint density at radius 3 is 2.63 bits per heavy atom. The summed E-state index contributed by atoms with van der Waals surface area (Å²) < 4.78 is 0. The van der Waals surface area contributed by atoms with Crippen LogP contribution in [0.2, 0.25) is 5.02 Å². The summed E-state index contributed by atoms with van der Waals surface area (Å²) in [4.78, 5) is 27.3. The molecule has 1 atom stereocenters. The minimum absolute atomic E-state index is 0.0642. The smallest absolute Gasteiger partial charge is 0.242 e. The maximum atomic E-state index is 13.1. The van der Waals surface area contributed by atoms with Gasteiger partial charge in [0.15, 0.2) is 0 Å². The van der Waals surface area contributed by atoms with Crippen LogP contribution in [0.15, 0.2) is 48.5 Å². The van der Waals surface area contributed by atoms with Crippen molar-refractivity contribution < 1.29 is 9.59 Å². The lowest BCUT2D eigenvalue weighted by Gasteiger charge is -2.29. The van der Waals surface area contributed by atoms with Crippen LogP contribution in [-0.2, 0) is 21.9 Å². The third kappa shape index (κ3) is 7.69. The molecule has 1 N–H and O–H groups in total. The highest BCUT2D eigenvalue weighted by atomic mass is 35.5. The molecule has 2 aromatic carbocycles. The Bertz CT molecular complexity index is 843. The molecule has 2 amide bonds. The first-order valence-corrected chi connectivity index (χ1v) is 11.9. The van der Waals surface area contributed by atoms with Crippen molar-refractivity contribution in [2.75, 3.05) is 12.3 Å². The zero-order valence-corrected chi connectivity index (χ0v) is 19.6. The van der Waals surface area contributed by atoms with Crippen LogP contribution in [0.4, 0.5) is 0 Å². The van der Waals surface area contributed by atoms with Gasteiger partial charge in [0.05, 0.1) is 5.75 Å². The molecule has 6 heteroatoms. The van der Waals surface area contributed by atoms with E-state index >= 15 is 0 Å². The molecular weight excluding hydrogens is 416 g/mol. The molecule has 30 heavy (non-hydrogen) atoms. The average Bonchev–Trinajstić information content (AvgIpc) is 2.72. The van der Waals surface area contributed by atoms with Crippen LogP contribution in [-0.4, -0.2) is 35.1 Å². The Morgan fingerprint density at radius 1 is 1.17 bits per heavy atom. The van der Waals surface area contributed by atoms with Gasteiger partial charge in [0.2, 0.25) is 11.8 Å². The lowest BCUT2D eigenvalue weighted by atomic mass is 10.1. The summed E-state index contributed by atoms with van der Waals surface area (Å²) >= 11 is 7.88. The fourth-order valence-electron chi connectivity index (χ4n) is 3.07. The highest BCUT2D eigenvalue weighted by molar-refractivity contribution is 7.99. The maximum Gasteiger partial charge on any atom is 0.242 e. The molecule has 0 aromatic heterocycles. The molecule has 0 heterocycles. The number of thioether (sulfide) groups is 1. The van der Waals surface area contributed by atoms with Gasteiger partial charge in [0.1, 0.15) is 6.04 Å². The zero-order chi connectivity index (χ0) is 21.9. The molecule has 2 rings (SSSR count). The predicted molar refractivity (Wildman–Crippen MR) is 127 cm³/mol. The molecule has 0 fully saturated rings. The number of carbonyl (C=O) groups is 2. The summed E-state index contributed by atoms with van der Waals surface area (Å²) in [6, 6.07) is 15.2. The van der Waals surface area contributed by atoms with Gasteiger partial charge < -0.3 is 10.2 Å². The number of nitrogens with one attached hydrogen (secondary N) is 1. The number of halogens is 1. The molecule has 0 saturated heterocycles. The molecule has 162 valence electrons. The monoisotopic (exact) mass is 446 g/mol. The summed E-state index contributed by atoms with van der Waals surface area (Å²) in [5.74, 6) is 0.869. The van der Waals surface area contributed by atoms with Crippen molar-refractivity contribution in [2.45, 2.75) is 52.0 Å². The first kappa shape index (κ1) is 24.3. The second-order valence-electron chi connectivity index (χ2n) is 7.42. The van der Waals surface area contributed by atoms with Gasteiger partial charge in [0.25, 0.3) is 0 Å². The number of rotatable bonds is 11. The first-order valence-electron chi connectivity index (χ1n) is 10.4. The average molecular weight is 447 g/mol. The number of aryl methyl sites for hydroxylation is 1. The molecule has 2 aromatic rings. The molecule has 0 aliphatic carbocycles. The van der Waals surface area contributed by atoms with E-state index in [1.807, 2.05) is 24.3 Å². The van der Waals surface area contributed by atoms with Gasteiger partial charge in [-0.25, -0.2) is 0 Å². The Morgan fingerprint density at radius 2 is 1.93 bits per heavy atom. The molecule has 0 aliphatic heterocycles. The number of unbranched alkanes of at least 4 members (excludes halogenated alkanes) is 1. The van der Waals surface area contributed by atoms with Crippen LogP contribution in [0.5, 0.6) is 0 Å². The third-order valence-corrected chi connectivity index (χ3v) is 6.23. The van der Waals surface area contributed by atoms with Crippen LogP contribution in [0.25, 0.3) is 0 Å². The van der Waals surface area contributed by atoms with Gasteiger partial charge in [-0.3, -0.25) is 9.59 Å². The fourth-order valence-corrected chi connectivity index (χ4v) is 4.12. The second-order valence-corrected chi connectivity index (χ2v) is 8.81. The van der Waals surface area contributed by atoms with Crippen molar-refractivity contribution in [3.63, 3.8) is 0 Å². The van der Waals surface area contributed by atoms with Crippen molar-refractivity contribution in [3.8, 4) is 0 Å². The quantitative estimate of drug-likeness (QED) is 0.481. The van der Waals surface area contributed by atoms with E-state index in [0.29, 0.717) is 23.9 Å². The van der Waals surface area contributed by atoms with E-state index in [4.69, 9.17) is 11.6 Å². The van der Waals surface area contributed by atoms with Gasteiger partial charge in [-0.2, -0.15) is 0 Å². The molecule has 4 nitrogen and oxygen atoms in total. The Hall–Kier alpha value is -1.98. The number of benzene rings is 2. The van der Waals surface area contributed by atoms with Crippen molar-refractivity contribution in [2.24, 2.45) is 0 Å². The van der Waals surface area contributed by atoms with Crippen molar-refractivity contribution in [1.82, 2.24) is 10.2 Å². The van der Waals surface area contributed by atoms with Crippen molar-refractivity contribution >= 4 is 35.2 Å². The second kappa shape index (κ2) is 12.7. The molecule has 0 radical (unpaired) electrons. The van der Waals surface area contributed by atoms with E-state index in [1.54, 1.807) is 29.7 Å². The van der Waals surface area contributed by atoms with E-state index in [1.165, 1.54) is 11.1 Å². The van der Waals surface area contributed by atoms with Crippen LogP contribution in [0.1, 0.15) is 43.4 Å². The summed E-state index contributed by atoms with van der Waals surface area (Å²) in [7, 11) is 0. The normalized spacial score (nSPS) is 11.7. The van der Waals surface area contributed by atoms with Crippen LogP contribution in [0.3, 0.4) is 0 Å². The van der Waals surface area contributed by atoms with Gasteiger partial charge in [0, 0.05) is 23.9 Å². The Labute approximate surface area is 189 Å². The molecule has 1 unspecified atom stereocenters. The lowest BCUT2D eigenvalue weighted by molar-refractivity contribution is -0.138. The number of nitrogens with zero attached hydrogens (tertiary/aromatic N) is 1. The SMILES string of the molecule is CCCCNC(=O)C(C)N(Cc1ccccc1Cl)C(=O)CSCc1cccc(C)c1. The van der Waals surface area contributed by atoms with Crippen molar-refractivity contribution in [3.05, 3.63) is 70.2 Å². The van der Waals surface area contributed by atoms with Crippen LogP contribution in [0, 0.1) is 6.92 Å². The fraction of sp³-hybridized carbons (Fsp3) is 0.417. The van der Waals surface area contributed by atoms with E-state index in [2.05, 4.69) is 37.4 Å². The van der Waals surface area contributed by atoms with E-state index in [9.17, 15) is 9.59 Å². The number of carbonyl (C=O) groups excluding carboxylic acids is 2. The van der Waals surface area contributed by atoms with Crippen molar-refractivity contribution in [1.29, 1.82) is 0 Å². The highest BCUT2D eigenvalue weighted by Gasteiger charge is 2.26. The van der Waals surface area contributed by atoms with Gasteiger partial charge in [-0.1, -0.05) is 73.0 Å². The number of amides is 2. The maximum absolute atomic E-state index is 13.1. The Kier molecular flexibility index (Phi) is 10.2. The molecule has 0 spiro atoms. The molecule has 0 bridgehead atoms.